The highest BCUT2D eigenvalue weighted by Crippen LogP contribution is 2.03. The van der Waals surface area contributed by atoms with Crippen LogP contribution in [0.4, 0.5) is 0 Å². The minimum absolute atomic E-state index is 0.192. The van der Waals surface area contributed by atoms with E-state index in [1.54, 1.807) is 0 Å². The molecule has 0 aromatic carbocycles. The SMILES string of the molecule is CCCCCCCCNCCS(=O)(=O)O. The Labute approximate surface area is 93.2 Å². The fourth-order valence-corrected chi connectivity index (χ4v) is 1.76. The molecule has 0 aromatic rings. The highest BCUT2D eigenvalue weighted by Gasteiger charge is 2.01. The second kappa shape index (κ2) is 9.12. The van der Waals surface area contributed by atoms with Crippen molar-refractivity contribution in [2.45, 2.75) is 45.4 Å². The molecule has 5 heteroatoms. The van der Waals surface area contributed by atoms with E-state index in [1.807, 2.05) is 0 Å². The monoisotopic (exact) mass is 237 g/mol. The van der Waals surface area contributed by atoms with Crippen LogP contribution in [-0.2, 0) is 10.1 Å². The van der Waals surface area contributed by atoms with Gasteiger partial charge in [0.1, 0.15) is 0 Å². The lowest BCUT2D eigenvalue weighted by Crippen LogP contribution is -2.23. The Balaban J connectivity index is 3.06. The Morgan fingerprint density at radius 1 is 1.00 bits per heavy atom. The zero-order chi connectivity index (χ0) is 11.6. The number of rotatable bonds is 10. The first-order chi connectivity index (χ1) is 7.06. The summed E-state index contributed by atoms with van der Waals surface area (Å²) < 4.78 is 29.2. The van der Waals surface area contributed by atoms with Crippen molar-refractivity contribution in [2.75, 3.05) is 18.8 Å². The normalized spacial score (nSPS) is 11.9. The van der Waals surface area contributed by atoms with Gasteiger partial charge in [-0.05, 0) is 13.0 Å². The summed E-state index contributed by atoms with van der Waals surface area (Å²) in [6, 6.07) is 0. The van der Waals surface area contributed by atoms with Crippen LogP contribution in [0, 0.1) is 0 Å². The van der Waals surface area contributed by atoms with Gasteiger partial charge < -0.3 is 5.32 Å². The third-order valence-electron chi connectivity index (χ3n) is 2.24. The highest BCUT2D eigenvalue weighted by molar-refractivity contribution is 7.85. The van der Waals surface area contributed by atoms with Gasteiger partial charge in [-0.2, -0.15) is 8.42 Å². The van der Waals surface area contributed by atoms with Gasteiger partial charge in [0.15, 0.2) is 0 Å². The van der Waals surface area contributed by atoms with Crippen LogP contribution in [0.5, 0.6) is 0 Å². The molecular formula is C10H23NO3S. The maximum Gasteiger partial charge on any atom is 0.266 e. The molecule has 4 nitrogen and oxygen atoms in total. The molecule has 0 atom stereocenters. The Kier molecular flexibility index (Phi) is 9.04. The minimum Gasteiger partial charge on any atom is -0.316 e. The van der Waals surface area contributed by atoms with Gasteiger partial charge in [0.2, 0.25) is 0 Å². The van der Waals surface area contributed by atoms with Crippen LogP contribution in [0.2, 0.25) is 0 Å². The summed E-state index contributed by atoms with van der Waals surface area (Å²) in [4.78, 5) is 0. The zero-order valence-corrected chi connectivity index (χ0v) is 10.4. The van der Waals surface area contributed by atoms with Crippen LogP contribution in [0.1, 0.15) is 45.4 Å². The Morgan fingerprint density at radius 2 is 1.60 bits per heavy atom. The average Bonchev–Trinajstić information content (AvgIpc) is 2.14. The van der Waals surface area contributed by atoms with Crippen molar-refractivity contribution in [1.82, 2.24) is 5.32 Å². The van der Waals surface area contributed by atoms with Gasteiger partial charge in [-0.15, -0.1) is 0 Å². The molecule has 92 valence electrons. The summed E-state index contributed by atoms with van der Waals surface area (Å²) in [5.74, 6) is -0.192. The molecular weight excluding hydrogens is 214 g/mol. The van der Waals surface area contributed by atoms with Gasteiger partial charge in [0.25, 0.3) is 10.1 Å². The summed E-state index contributed by atoms with van der Waals surface area (Å²) in [5.41, 5.74) is 0. The summed E-state index contributed by atoms with van der Waals surface area (Å²) in [6.45, 7) is 3.37. The van der Waals surface area contributed by atoms with E-state index in [2.05, 4.69) is 12.2 Å². The molecule has 0 aromatic heterocycles. The van der Waals surface area contributed by atoms with E-state index in [1.165, 1.54) is 32.1 Å². The van der Waals surface area contributed by atoms with E-state index in [0.717, 1.165) is 13.0 Å². The van der Waals surface area contributed by atoms with E-state index >= 15 is 0 Å². The third-order valence-corrected chi connectivity index (χ3v) is 2.96. The van der Waals surface area contributed by atoms with Gasteiger partial charge in [0.05, 0.1) is 5.75 Å². The molecule has 0 heterocycles. The van der Waals surface area contributed by atoms with Gasteiger partial charge in [0, 0.05) is 6.54 Å². The maximum absolute atomic E-state index is 10.4. The lowest BCUT2D eigenvalue weighted by molar-refractivity contribution is 0.479. The van der Waals surface area contributed by atoms with Crippen molar-refractivity contribution in [1.29, 1.82) is 0 Å². The van der Waals surface area contributed by atoms with Crippen molar-refractivity contribution in [3.8, 4) is 0 Å². The fourth-order valence-electron chi connectivity index (χ4n) is 1.36. The van der Waals surface area contributed by atoms with Crippen LogP contribution in [-0.4, -0.2) is 31.8 Å². The molecule has 0 rings (SSSR count). The molecule has 2 N–H and O–H groups in total. The first-order valence-electron chi connectivity index (χ1n) is 5.72. The second-order valence-corrected chi connectivity index (χ2v) is 5.38. The molecule has 0 saturated heterocycles. The molecule has 0 unspecified atom stereocenters. The Hall–Kier alpha value is -0.130. The fraction of sp³-hybridized carbons (Fsp3) is 1.00. The minimum atomic E-state index is -3.79. The van der Waals surface area contributed by atoms with E-state index in [4.69, 9.17) is 4.55 Å². The van der Waals surface area contributed by atoms with Gasteiger partial charge >= 0.3 is 0 Å². The molecule has 0 aliphatic heterocycles. The molecule has 0 spiro atoms. The molecule has 0 bridgehead atoms. The summed E-state index contributed by atoms with van der Waals surface area (Å²) in [7, 11) is -3.79. The predicted molar refractivity (Wildman–Crippen MR) is 62.7 cm³/mol. The largest absolute Gasteiger partial charge is 0.316 e. The Morgan fingerprint density at radius 3 is 2.20 bits per heavy atom. The molecule has 0 aliphatic carbocycles. The highest BCUT2D eigenvalue weighted by atomic mass is 32.2. The first kappa shape index (κ1) is 14.9. The van der Waals surface area contributed by atoms with Crippen molar-refractivity contribution < 1.29 is 13.0 Å². The van der Waals surface area contributed by atoms with E-state index in [9.17, 15) is 8.42 Å². The van der Waals surface area contributed by atoms with Crippen LogP contribution < -0.4 is 5.32 Å². The average molecular weight is 237 g/mol. The summed E-state index contributed by atoms with van der Waals surface area (Å²) in [5, 5.41) is 2.99. The number of hydrogen-bond acceptors (Lipinski definition) is 3. The number of unbranched alkanes of at least 4 members (excludes halogenated alkanes) is 5. The van der Waals surface area contributed by atoms with E-state index < -0.39 is 10.1 Å². The summed E-state index contributed by atoms with van der Waals surface area (Å²) >= 11 is 0. The maximum atomic E-state index is 10.4. The standard InChI is InChI=1S/C10H23NO3S/c1-2-3-4-5-6-7-8-11-9-10-15(12,13)14/h11H,2-10H2,1H3,(H,12,13,14). The van der Waals surface area contributed by atoms with Gasteiger partial charge in [-0.1, -0.05) is 39.0 Å². The molecule has 0 radical (unpaired) electrons. The molecule has 15 heavy (non-hydrogen) atoms. The van der Waals surface area contributed by atoms with E-state index in [-0.39, 0.29) is 5.75 Å². The van der Waals surface area contributed by atoms with Gasteiger partial charge in [-0.25, -0.2) is 0 Å². The quantitative estimate of drug-likeness (QED) is 0.449. The Bertz CT molecular complexity index is 227. The van der Waals surface area contributed by atoms with Crippen LogP contribution in [0.3, 0.4) is 0 Å². The lowest BCUT2D eigenvalue weighted by Gasteiger charge is -2.03. The molecule has 0 amide bonds. The second-order valence-electron chi connectivity index (χ2n) is 3.80. The topological polar surface area (TPSA) is 66.4 Å². The van der Waals surface area contributed by atoms with Crippen molar-refractivity contribution >= 4 is 10.1 Å². The summed E-state index contributed by atoms with van der Waals surface area (Å²) in [6.07, 6.45) is 7.38. The van der Waals surface area contributed by atoms with Crippen molar-refractivity contribution in [3.05, 3.63) is 0 Å². The van der Waals surface area contributed by atoms with Crippen LogP contribution in [0.25, 0.3) is 0 Å². The first-order valence-corrected chi connectivity index (χ1v) is 7.33. The predicted octanol–water partition coefficient (Wildman–Crippen LogP) is 1.82. The van der Waals surface area contributed by atoms with Crippen molar-refractivity contribution in [3.63, 3.8) is 0 Å². The lowest BCUT2D eigenvalue weighted by atomic mass is 10.1. The number of nitrogens with one attached hydrogen (secondary N) is 1. The molecule has 0 aliphatic rings. The molecule has 0 saturated carbocycles. The zero-order valence-electron chi connectivity index (χ0n) is 9.54. The van der Waals surface area contributed by atoms with Gasteiger partial charge in [-0.3, -0.25) is 4.55 Å². The smallest absolute Gasteiger partial charge is 0.266 e. The van der Waals surface area contributed by atoms with Crippen LogP contribution >= 0.6 is 0 Å². The van der Waals surface area contributed by atoms with Crippen LogP contribution in [0.15, 0.2) is 0 Å². The third kappa shape index (κ3) is 13.9. The number of hydrogen-bond donors (Lipinski definition) is 2. The van der Waals surface area contributed by atoms with E-state index in [0.29, 0.717) is 6.54 Å². The van der Waals surface area contributed by atoms with Crippen molar-refractivity contribution in [2.24, 2.45) is 0 Å². The molecule has 0 fully saturated rings.